The van der Waals surface area contributed by atoms with Crippen LogP contribution in [0.2, 0.25) is 5.15 Å². The number of anilines is 1. The van der Waals surface area contributed by atoms with Crippen LogP contribution in [0.5, 0.6) is 0 Å². The lowest BCUT2D eigenvalue weighted by molar-refractivity contribution is 0.580. The molecule has 1 aliphatic carbocycles. The lowest BCUT2D eigenvalue weighted by Crippen LogP contribution is -2.21. The van der Waals surface area contributed by atoms with E-state index < -0.39 is 0 Å². The zero-order chi connectivity index (χ0) is 9.60. The van der Waals surface area contributed by atoms with Gasteiger partial charge in [-0.3, -0.25) is 0 Å². The molecule has 2 heterocycles. The molecule has 0 atom stereocenters. The molecule has 0 unspecified atom stereocenters. The van der Waals surface area contributed by atoms with Crippen molar-refractivity contribution in [1.82, 2.24) is 10.2 Å². The molecule has 3 rings (SSSR count). The molecule has 0 amide bonds. The van der Waals surface area contributed by atoms with E-state index in [9.17, 15) is 0 Å². The van der Waals surface area contributed by atoms with Gasteiger partial charge in [-0.25, -0.2) is 0 Å². The monoisotopic (exact) mass is 209 g/mol. The molecular weight excluding hydrogens is 198 g/mol. The third-order valence-electron chi connectivity index (χ3n) is 3.34. The molecule has 0 N–H and O–H groups in total. The normalized spacial score (nSPS) is 23.1. The fraction of sp³-hybridized carbons (Fsp3) is 0.600. The maximum absolute atomic E-state index is 5.69. The third kappa shape index (κ3) is 1.36. The Hall–Kier alpha value is -0.830. The summed E-state index contributed by atoms with van der Waals surface area (Å²) in [6.45, 7) is 2.28. The first-order valence-electron chi connectivity index (χ1n) is 5.02. The van der Waals surface area contributed by atoms with Gasteiger partial charge in [-0.15, -0.1) is 10.2 Å². The predicted molar refractivity (Wildman–Crippen MR) is 55.5 cm³/mol. The van der Waals surface area contributed by atoms with Crippen LogP contribution in [-0.2, 0) is 0 Å². The third-order valence-corrected chi connectivity index (χ3v) is 3.54. The Bertz CT molecular complexity index is 345. The van der Waals surface area contributed by atoms with E-state index in [1.165, 1.54) is 19.3 Å². The molecule has 0 bridgehead atoms. The van der Waals surface area contributed by atoms with Gasteiger partial charge in [-0.2, -0.15) is 0 Å². The Morgan fingerprint density at radius 1 is 1.21 bits per heavy atom. The van der Waals surface area contributed by atoms with E-state index >= 15 is 0 Å². The van der Waals surface area contributed by atoms with Crippen molar-refractivity contribution >= 4 is 17.4 Å². The molecule has 0 radical (unpaired) electrons. The number of rotatable bonds is 1. The molecule has 74 valence electrons. The second-order valence-electron chi connectivity index (χ2n) is 4.39. The van der Waals surface area contributed by atoms with Gasteiger partial charge in [0.05, 0.1) is 0 Å². The minimum Gasteiger partial charge on any atom is -0.355 e. The summed E-state index contributed by atoms with van der Waals surface area (Å²) in [5.41, 5.74) is 0.640. The van der Waals surface area contributed by atoms with E-state index in [0.717, 1.165) is 18.9 Å². The molecule has 1 saturated carbocycles. The molecular formula is C10H12ClN3. The van der Waals surface area contributed by atoms with Crippen molar-refractivity contribution in [3.63, 3.8) is 0 Å². The molecule has 2 fully saturated rings. The largest absolute Gasteiger partial charge is 0.355 e. The van der Waals surface area contributed by atoms with Crippen LogP contribution >= 0.6 is 11.6 Å². The average molecular weight is 210 g/mol. The highest BCUT2D eigenvalue weighted by atomic mass is 35.5. The van der Waals surface area contributed by atoms with Crippen LogP contribution in [0.4, 0.5) is 5.82 Å². The Morgan fingerprint density at radius 2 is 2.07 bits per heavy atom. The second kappa shape index (κ2) is 2.83. The van der Waals surface area contributed by atoms with E-state index in [1.54, 1.807) is 0 Å². The van der Waals surface area contributed by atoms with Crippen LogP contribution < -0.4 is 4.90 Å². The summed E-state index contributed by atoms with van der Waals surface area (Å²) in [6.07, 6.45) is 4.10. The predicted octanol–water partition coefficient (Wildman–Crippen LogP) is 2.12. The van der Waals surface area contributed by atoms with Crippen LogP contribution in [-0.4, -0.2) is 23.3 Å². The van der Waals surface area contributed by atoms with Crippen molar-refractivity contribution in [1.29, 1.82) is 0 Å². The highest BCUT2D eigenvalue weighted by molar-refractivity contribution is 6.29. The average Bonchev–Trinajstić information content (AvgIpc) is 2.79. The lowest BCUT2D eigenvalue weighted by atomic mass is 10.1. The van der Waals surface area contributed by atoms with E-state index in [1.807, 2.05) is 12.1 Å². The molecule has 1 aromatic heterocycles. The number of hydrogen-bond acceptors (Lipinski definition) is 3. The molecule has 4 heteroatoms. The smallest absolute Gasteiger partial charge is 0.151 e. The molecule has 0 aromatic carbocycles. The summed E-state index contributed by atoms with van der Waals surface area (Å²) in [7, 11) is 0. The summed E-state index contributed by atoms with van der Waals surface area (Å²) < 4.78 is 0. The first-order valence-corrected chi connectivity index (χ1v) is 5.40. The second-order valence-corrected chi connectivity index (χ2v) is 4.77. The van der Waals surface area contributed by atoms with Crippen LogP contribution in [0, 0.1) is 5.41 Å². The van der Waals surface area contributed by atoms with Gasteiger partial charge < -0.3 is 4.90 Å². The van der Waals surface area contributed by atoms with Crippen molar-refractivity contribution in [2.75, 3.05) is 18.0 Å². The van der Waals surface area contributed by atoms with E-state index in [0.29, 0.717) is 10.6 Å². The van der Waals surface area contributed by atoms with Crippen LogP contribution in [0.15, 0.2) is 12.1 Å². The van der Waals surface area contributed by atoms with Gasteiger partial charge in [-0.1, -0.05) is 11.6 Å². The van der Waals surface area contributed by atoms with Gasteiger partial charge in [0.15, 0.2) is 11.0 Å². The highest BCUT2D eigenvalue weighted by Crippen LogP contribution is 2.53. The summed E-state index contributed by atoms with van der Waals surface area (Å²) in [5, 5.41) is 8.43. The van der Waals surface area contributed by atoms with Crippen LogP contribution in [0.1, 0.15) is 19.3 Å². The highest BCUT2D eigenvalue weighted by Gasteiger charge is 2.47. The van der Waals surface area contributed by atoms with Crippen molar-refractivity contribution in [3.05, 3.63) is 17.3 Å². The zero-order valence-corrected chi connectivity index (χ0v) is 8.67. The molecule has 14 heavy (non-hydrogen) atoms. The van der Waals surface area contributed by atoms with Crippen molar-refractivity contribution < 1.29 is 0 Å². The maximum atomic E-state index is 5.69. The number of aromatic nitrogens is 2. The van der Waals surface area contributed by atoms with E-state index in [4.69, 9.17) is 11.6 Å². The molecule has 1 aliphatic heterocycles. The van der Waals surface area contributed by atoms with Gasteiger partial charge in [0, 0.05) is 13.1 Å². The summed E-state index contributed by atoms with van der Waals surface area (Å²) in [4.78, 5) is 2.32. The first kappa shape index (κ1) is 8.48. The Morgan fingerprint density at radius 3 is 2.64 bits per heavy atom. The lowest BCUT2D eigenvalue weighted by Gasteiger charge is -2.16. The quantitative estimate of drug-likeness (QED) is 0.710. The summed E-state index contributed by atoms with van der Waals surface area (Å²) >= 11 is 5.69. The van der Waals surface area contributed by atoms with Crippen LogP contribution in [0.25, 0.3) is 0 Å². The van der Waals surface area contributed by atoms with Gasteiger partial charge in [0.2, 0.25) is 0 Å². The SMILES string of the molecule is Clc1ccc(N2CCC3(CC3)C2)nn1. The minimum absolute atomic E-state index is 0.467. The van der Waals surface area contributed by atoms with E-state index in [2.05, 4.69) is 15.1 Å². The van der Waals surface area contributed by atoms with Crippen molar-refractivity contribution in [2.24, 2.45) is 5.41 Å². The van der Waals surface area contributed by atoms with Gasteiger partial charge in [-0.05, 0) is 36.8 Å². The maximum Gasteiger partial charge on any atom is 0.151 e. The fourth-order valence-corrected chi connectivity index (χ4v) is 2.29. The number of halogens is 1. The van der Waals surface area contributed by atoms with Gasteiger partial charge in [0.1, 0.15) is 0 Å². The Balaban J connectivity index is 1.79. The standard InChI is InChI=1S/C10H12ClN3/c11-8-1-2-9(13-12-8)14-6-5-10(7-14)3-4-10/h1-2H,3-7H2. The van der Waals surface area contributed by atoms with Crippen molar-refractivity contribution in [2.45, 2.75) is 19.3 Å². The van der Waals surface area contributed by atoms with Crippen LogP contribution in [0.3, 0.4) is 0 Å². The Labute approximate surface area is 88.1 Å². The summed E-state index contributed by atoms with van der Waals surface area (Å²) in [6, 6.07) is 3.76. The molecule has 1 aromatic rings. The number of hydrogen-bond donors (Lipinski definition) is 0. The summed E-state index contributed by atoms with van der Waals surface area (Å²) in [5.74, 6) is 0.971. The molecule has 3 nitrogen and oxygen atoms in total. The fourth-order valence-electron chi connectivity index (χ4n) is 2.19. The molecule has 2 aliphatic rings. The van der Waals surface area contributed by atoms with Gasteiger partial charge >= 0.3 is 0 Å². The topological polar surface area (TPSA) is 29.0 Å². The molecule has 1 spiro atoms. The number of nitrogens with zero attached hydrogens (tertiary/aromatic N) is 3. The first-order chi connectivity index (χ1) is 6.77. The molecule has 1 saturated heterocycles. The van der Waals surface area contributed by atoms with Gasteiger partial charge in [0.25, 0.3) is 0 Å². The minimum atomic E-state index is 0.467. The van der Waals surface area contributed by atoms with E-state index in [-0.39, 0.29) is 0 Å². The zero-order valence-electron chi connectivity index (χ0n) is 7.91. The van der Waals surface area contributed by atoms with Crippen molar-refractivity contribution in [3.8, 4) is 0 Å². The Kier molecular flexibility index (Phi) is 1.71.